The highest BCUT2D eigenvalue weighted by Gasteiger charge is 2.31. The van der Waals surface area contributed by atoms with E-state index in [2.05, 4.69) is 22.1 Å². The predicted octanol–water partition coefficient (Wildman–Crippen LogP) is 3.17. The summed E-state index contributed by atoms with van der Waals surface area (Å²) in [5.41, 5.74) is 1.16. The largest absolute Gasteiger partial charge is 0.465 e. The molecular weight excluding hydrogens is 392 g/mol. The first-order chi connectivity index (χ1) is 13.7. The van der Waals surface area contributed by atoms with Gasteiger partial charge in [0.15, 0.2) is 0 Å². The van der Waals surface area contributed by atoms with E-state index in [1.807, 2.05) is 36.4 Å². The molecule has 0 aliphatic carbocycles. The molecule has 0 saturated carbocycles. The van der Waals surface area contributed by atoms with Crippen LogP contribution in [-0.2, 0) is 20.7 Å². The van der Waals surface area contributed by atoms with Crippen molar-refractivity contribution in [3.63, 3.8) is 0 Å². The molecule has 1 saturated heterocycles. The molecule has 1 aromatic carbocycles. The topological polar surface area (TPSA) is 67.4 Å². The first-order valence-corrected chi connectivity index (χ1v) is 11.5. The lowest BCUT2D eigenvalue weighted by atomic mass is 10.0. The number of amides is 1. The van der Waals surface area contributed by atoms with E-state index < -0.39 is 12.1 Å². The van der Waals surface area contributed by atoms with Crippen molar-refractivity contribution < 1.29 is 14.3 Å². The van der Waals surface area contributed by atoms with Crippen LogP contribution in [0, 0.1) is 0 Å². The van der Waals surface area contributed by atoms with Crippen molar-refractivity contribution in [1.82, 2.24) is 10.6 Å². The Labute approximate surface area is 174 Å². The predicted molar refractivity (Wildman–Crippen MR) is 115 cm³/mol. The van der Waals surface area contributed by atoms with Crippen LogP contribution < -0.4 is 10.6 Å². The van der Waals surface area contributed by atoms with Crippen molar-refractivity contribution >= 4 is 35.0 Å². The third-order valence-electron chi connectivity index (χ3n) is 4.64. The number of carbonyl (C=O) groups is 2. The second kappa shape index (κ2) is 10.6. The Morgan fingerprint density at radius 3 is 2.82 bits per heavy atom. The summed E-state index contributed by atoms with van der Waals surface area (Å²) in [7, 11) is 0. The van der Waals surface area contributed by atoms with E-state index in [0.717, 1.165) is 12.0 Å². The number of thioether (sulfide) groups is 1. The zero-order valence-corrected chi connectivity index (χ0v) is 17.6. The van der Waals surface area contributed by atoms with Crippen LogP contribution in [0.3, 0.4) is 0 Å². The maximum Gasteiger partial charge on any atom is 0.323 e. The molecule has 1 aliphatic heterocycles. The van der Waals surface area contributed by atoms with E-state index in [4.69, 9.17) is 4.74 Å². The molecule has 1 aromatic heterocycles. The molecular formula is C21H26N2O3S2. The lowest BCUT2D eigenvalue weighted by Gasteiger charge is -2.22. The van der Waals surface area contributed by atoms with E-state index >= 15 is 0 Å². The zero-order chi connectivity index (χ0) is 19.8. The monoisotopic (exact) mass is 418 g/mol. The van der Waals surface area contributed by atoms with Crippen molar-refractivity contribution in [2.75, 3.05) is 18.9 Å². The highest BCUT2D eigenvalue weighted by Crippen LogP contribution is 2.33. The summed E-state index contributed by atoms with van der Waals surface area (Å²) in [5.74, 6) is 0.270. The quantitative estimate of drug-likeness (QED) is 0.645. The molecule has 0 spiro atoms. The van der Waals surface area contributed by atoms with Gasteiger partial charge in [-0.05, 0) is 36.8 Å². The van der Waals surface area contributed by atoms with E-state index in [9.17, 15) is 9.59 Å². The van der Waals surface area contributed by atoms with E-state index in [-0.39, 0.29) is 17.1 Å². The zero-order valence-electron chi connectivity index (χ0n) is 15.9. The summed E-state index contributed by atoms with van der Waals surface area (Å²) in [6, 6.07) is 13.2. The Hall–Kier alpha value is -1.83. The third-order valence-corrected chi connectivity index (χ3v) is 7.12. The molecule has 7 heteroatoms. The van der Waals surface area contributed by atoms with Crippen LogP contribution in [0.2, 0.25) is 0 Å². The van der Waals surface area contributed by atoms with Gasteiger partial charge >= 0.3 is 5.97 Å². The van der Waals surface area contributed by atoms with Crippen LogP contribution in [0.4, 0.5) is 0 Å². The van der Waals surface area contributed by atoms with Crippen LogP contribution in [0.5, 0.6) is 0 Å². The van der Waals surface area contributed by atoms with Gasteiger partial charge in [-0.2, -0.15) is 0 Å². The van der Waals surface area contributed by atoms with Gasteiger partial charge in [-0.3, -0.25) is 14.9 Å². The molecule has 1 fully saturated rings. The van der Waals surface area contributed by atoms with Gasteiger partial charge in [-0.15, -0.1) is 23.1 Å². The van der Waals surface area contributed by atoms with Gasteiger partial charge in [0.1, 0.15) is 6.04 Å². The Kier molecular flexibility index (Phi) is 7.94. The smallest absolute Gasteiger partial charge is 0.323 e. The first kappa shape index (κ1) is 20.9. The molecule has 2 N–H and O–H groups in total. The number of hydrogen-bond donors (Lipinski definition) is 2. The first-order valence-electron chi connectivity index (χ1n) is 9.56. The third kappa shape index (κ3) is 5.83. The average molecular weight is 419 g/mol. The Bertz CT molecular complexity index is 752. The molecule has 0 radical (unpaired) electrons. The number of benzene rings is 1. The molecule has 3 atom stereocenters. The van der Waals surface area contributed by atoms with Crippen molar-refractivity contribution in [2.45, 2.75) is 37.1 Å². The van der Waals surface area contributed by atoms with Crippen molar-refractivity contribution in [1.29, 1.82) is 0 Å². The van der Waals surface area contributed by atoms with Gasteiger partial charge < -0.3 is 10.1 Å². The van der Waals surface area contributed by atoms with Gasteiger partial charge in [-0.25, -0.2) is 0 Å². The SMILES string of the molecule is CCOC(=O)C(CCc1ccccc1)NC1CSC(c2cccs2)CNC1=O. The standard InChI is InChI=1S/C21H26N2O3S2/c1-2-26-21(25)16(11-10-15-7-4-3-5-8-15)23-17-14-28-19(13-22-20(17)24)18-9-6-12-27-18/h3-9,12,16-17,19,23H,2,10-11,13-14H2,1H3,(H,22,24). The minimum atomic E-state index is -0.505. The molecule has 3 unspecified atom stereocenters. The molecule has 5 nitrogen and oxygen atoms in total. The van der Waals surface area contributed by atoms with E-state index in [1.165, 1.54) is 4.88 Å². The van der Waals surface area contributed by atoms with Crippen LogP contribution in [0.25, 0.3) is 0 Å². The molecule has 28 heavy (non-hydrogen) atoms. The summed E-state index contributed by atoms with van der Waals surface area (Å²) >= 11 is 3.45. The number of thiophene rings is 1. The Morgan fingerprint density at radius 2 is 2.11 bits per heavy atom. The number of carbonyl (C=O) groups excluding carboxylic acids is 2. The number of ether oxygens (including phenoxy) is 1. The number of hydrogen-bond acceptors (Lipinski definition) is 6. The normalized spacial score (nSPS) is 20.8. The Balaban J connectivity index is 1.63. The van der Waals surface area contributed by atoms with Crippen LogP contribution in [0.1, 0.15) is 29.0 Å². The number of aryl methyl sites for hydroxylation is 1. The van der Waals surface area contributed by atoms with Gasteiger partial charge in [-0.1, -0.05) is 36.4 Å². The average Bonchev–Trinajstić information content (AvgIpc) is 3.18. The number of nitrogens with one attached hydrogen (secondary N) is 2. The minimum absolute atomic E-state index is 0.0550. The number of rotatable bonds is 8. The summed E-state index contributed by atoms with van der Waals surface area (Å²) < 4.78 is 5.24. The van der Waals surface area contributed by atoms with Gasteiger partial charge in [0.2, 0.25) is 5.91 Å². The molecule has 150 valence electrons. The fourth-order valence-electron chi connectivity index (χ4n) is 3.16. The second-order valence-electron chi connectivity index (χ2n) is 6.63. The van der Waals surface area contributed by atoms with Crippen molar-refractivity contribution in [2.24, 2.45) is 0 Å². The molecule has 1 amide bonds. The van der Waals surface area contributed by atoms with E-state index in [0.29, 0.717) is 25.3 Å². The van der Waals surface area contributed by atoms with Crippen molar-refractivity contribution in [3.05, 3.63) is 58.3 Å². The van der Waals surface area contributed by atoms with Gasteiger partial charge in [0, 0.05) is 17.2 Å². The molecule has 1 aliphatic rings. The lowest BCUT2D eigenvalue weighted by Crippen LogP contribution is -2.52. The highest BCUT2D eigenvalue weighted by molar-refractivity contribution is 7.99. The molecule has 2 aromatic rings. The highest BCUT2D eigenvalue weighted by atomic mass is 32.2. The van der Waals surface area contributed by atoms with E-state index in [1.54, 1.807) is 30.0 Å². The van der Waals surface area contributed by atoms with Gasteiger partial charge in [0.25, 0.3) is 0 Å². The summed E-state index contributed by atoms with van der Waals surface area (Å²) in [4.78, 5) is 26.3. The summed E-state index contributed by atoms with van der Waals surface area (Å²) in [5, 5.41) is 8.58. The second-order valence-corrected chi connectivity index (χ2v) is 8.85. The Morgan fingerprint density at radius 1 is 1.29 bits per heavy atom. The minimum Gasteiger partial charge on any atom is -0.465 e. The van der Waals surface area contributed by atoms with Gasteiger partial charge in [0.05, 0.1) is 17.9 Å². The summed E-state index contributed by atoms with van der Waals surface area (Å²) in [6.07, 6.45) is 1.34. The number of esters is 1. The van der Waals surface area contributed by atoms with Crippen LogP contribution in [-0.4, -0.2) is 42.9 Å². The summed E-state index contributed by atoms with van der Waals surface area (Å²) in [6.45, 7) is 2.73. The van der Waals surface area contributed by atoms with Crippen LogP contribution in [0.15, 0.2) is 47.8 Å². The fraction of sp³-hybridized carbons (Fsp3) is 0.429. The maximum absolute atomic E-state index is 12.6. The molecule has 2 heterocycles. The van der Waals surface area contributed by atoms with Crippen LogP contribution >= 0.6 is 23.1 Å². The fourth-order valence-corrected chi connectivity index (χ4v) is 5.35. The molecule has 0 bridgehead atoms. The lowest BCUT2D eigenvalue weighted by molar-refractivity contribution is -0.146. The molecule has 3 rings (SSSR count). The maximum atomic E-state index is 12.6. The van der Waals surface area contributed by atoms with Crippen molar-refractivity contribution in [3.8, 4) is 0 Å².